The van der Waals surface area contributed by atoms with E-state index in [9.17, 15) is 0 Å². The molecule has 0 rings (SSSR count). The highest BCUT2D eigenvalue weighted by molar-refractivity contribution is 7.57. The summed E-state index contributed by atoms with van der Waals surface area (Å²) in [5, 5.41) is 0. The van der Waals surface area contributed by atoms with Crippen LogP contribution in [-0.2, 0) is 0 Å². The number of hydrogen-bond acceptors (Lipinski definition) is 0. The van der Waals surface area contributed by atoms with Gasteiger partial charge in [0.2, 0.25) is 0 Å². The van der Waals surface area contributed by atoms with Crippen LogP contribution < -0.4 is 0 Å². The molecule has 0 aromatic heterocycles. The molecule has 0 aliphatic heterocycles. The van der Waals surface area contributed by atoms with Crippen LogP contribution in [0.3, 0.4) is 0 Å². The van der Waals surface area contributed by atoms with Crippen LogP contribution in [0.1, 0.15) is 19.3 Å². The third-order valence-corrected chi connectivity index (χ3v) is 6.76. The van der Waals surface area contributed by atoms with Gasteiger partial charge in [0, 0.05) is 19.3 Å². The Balaban J connectivity index is 4.19. The van der Waals surface area contributed by atoms with Crippen LogP contribution in [0.4, 0.5) is 0 Å². The van der Waals surface area contributed by atoms with Crippen molar-refractivity contribution in [2.24, 2.45) is 0 Å². The van der Waals surface area contributed by atoms with Crippen LogP contribution >= 0.6 is 7.92 Å². The second kappa shape index (κ2) is 9.57. The summed E-state index contributed by atoms with van der Waals surface area (Å²) in [7, 11) is 21.1. The maximum absolute atomic E-state index is 2.32. The van der Waals surface area contributed by atoms with Gasteiger partial charge in [-0.15, -0.1) is 7.92 Å². The van der Waals surface area contributed by atoms with Crippen LogP contribution in [0.5, 0.6) is 0 Å². The van der Waals surface area contributed by atoms with Crippen molar-refractivity contribution < 1.29 is 13.4 Å². The maximum Gasteiger partial charge on any atom is 0.0783 e. The Morgan fingerprint density at radius 1 is 0.455 bits per heavy atom. The van der Waals surface area contributed by atoms with Gasteiger partial charge in [-0.3, -0.25) is 0 Å². The van der Waals surface area contributed by atoms with E-state index in [1.54, 1.807) is 0 Å². The highest BCUT2D eigenvalue weighted by Gasteiger charge is 2.15. The molecule has 0 N–H and O–H groups in total. The second-order valence-electron chi connectivity index (χ2n) is 9.94. The molecule has 0 saturated carbocycles. The Morgan fingerprint density at radius 3 is 0.864 bits per heavy atom. The van der Waals surface area contributed by atoms with Crippen molar-refractivity contribution in [1.82, 2.24) is 0 Å². The van der Waals surface area contributed by atoms with Crippen molar-refractivity contribution in [1.29, 1.82) is 0 Å². The van der Waals surface area contributed by atoms with Gasteiger partial charge in [0.15, 0.2) is 0 Å². The molecule has 0 aromatic carbocycles. The van der Waals surface area contributed by atoms with Gasteiger partial charge in [-0.25, -0.2) is 0 Å². The Hall–Kier alpha value is 0.310. The molecular weight excluding hydrogens is 289 g/mol. The van der Waals surface area contributed by atoms with Crippen molar-refractivity contribution in [3.8, 4) is 0 Å². The summed E-state index contributed by atoms with van der Waals surface area (Å²) < 4.78 is 3.34. The highest BCUT2D eigenvalue weighted by Crippen LogP contribution is 2.38. The summed E-state index contributed by atoms with van der Waals surface area (Å²) in [6, 6.07) is 0. The van der Waals surface area contributed by atoms with Crippen LogP contribution in [0.2, 0.25) is 0 Å². The largest absolute Gasteiger partial charge is 0.331 e. The number of rotatable bonds is 12. The van der Waals surface area contributed by atoms with Crippen LogP contribution in [0, 0.1) is 0 Å². The number of quaternary nitrogens is 3. The molecule has 0 saturated heterocycles. The minimum atomic E-state index is 0.250. The summed E-state index contributed by atoms with van der Waals surface area (Å²) >= 11 is 0. The van der Waals surface area contributed by atoms with Crippen molar-refractivity contribution in [3.05, 3.63) is 0 Å². The molecule has 3 nitrogen and oxygen atoms in total. The van der Waals surface area contributed by atoms with Crippen molar-refractivity contribution in [3.63, 3.8) is 0 Å². The smallest absolute Gasteiger partial charge is 0.0783 e. The SMILES string of the molecule is C[N+](C)(C)CCCP(CCC[N+](C)(C)C)CCC[N+](C)(C)C. The van der Waals surface area contributed by atoms with E-state index in [2.05, 4.69) is 63.4 Å². The van der Waals surface area contributed by atoms with Gasteiger partial charge in [-0.1, -0.05) is 0 Å². The standard InChI is InChI=1S/C18H45N3P/c1-19(2,3)13-10-16-22(17-11-14-20(4,5)6)18-12-15-21(7,8)9/h10-18H2,1-9H3/q+3. The zero-order valence-corrected chi connectivity index (χ0v) is 18.0. The predicted molar refractivity (Wildman–Crippen MR) is 104 cm³/mol. The zero-order valence-electron chi connectivity index (χ0n) is 17.2. The lowest BCUT2D eigenvalue weighted by molar-refractivity contribution is -0.870. The lowest BCUT2D eigenvalue weighted by Crippen LogP contribution is -2.36. The van der Waals surface area contributed by atoms with Gasteiger partial charge >= 0.3 is 0 Å². The Bertz CT molecular complexity index is 237. The summed E-state index contributed by atoms with van der Waals surface area (Å²) in [5.74, 6) is 0. The lowest BCUT2D eigenvalue weighted by atomic mass is 10.4. The molecule has 0 unspecified atom stereocenters. The van der Waals surface area contributed by atoms with Gasteiger partial charge in [-0.2, -0.15) is 0 Å². The minimum Gasteiger partial charge on any atom is -0.331 e. The third-order valence-electron chi connectivity index (χ3n) is 3.91. The van der Waals surface area contributed by atoms with Gasteiger partial charge < -0.3 is 13.4 Å². The number of hydrogen-bond donors (Lipinski definition) is 0. The molecule has 0 spiro atoms. The fraction of sp³-hybridized carbons (Fsp3) is 1.00. The summed E-state index contributed by atoms with van der Waals surface area (Å²) in [4.78, 5) is 0. The van der Waals surface area contributed by atoms with Crippen molar-refractivity contribution in [2.75, 3.05) is 102 Å². The van der Waals surface area contributed by atoms with E-state index >= 15 is 0 Å². The molecule has 22 heavy (non-hydrogen) atoms. The topological polar surface area (TPSA) is 0 Å². The average Bonchev–Trinajstić information content (AvgIpc) is 2.23. The van der Waals surface area contributed by atoms with Gasteiger partial charge in [0.05, 0.1) is 83.1 Å². The van der Waals surface area contributed by atoms with E-state index in [-0.39, 0.29) is 7.92 Å². The van der Waals surface area contributed by atoms with E-state index in [1.807, 2.05) is 0 Å². The van der Waals surface area contributed by atoms with Crippen LogP contribution in [0.15, 0.2) is 0 Å². The Kier molecular flexibility index (Phi) is 9.70. The van der Waals surface area contributed by atoms with Crippen molar-refractivity contribution in [2.45, 2.75) is 19.3 Å². The van der Waals surface area contributed by atoms with Crippen LogP contribution in [0.25, 0.3) is 0 Å². The molecule has 0 aliphatic rings. The Labute approximate surface area is 142 Å². The lowest BCUT2D eigenvalue weighted by Gasteiger charge is -2.28. The molecule has 0 heterocycles. The highest BCUT2D eigenvalue weighted by atomic mass is 31.1. The summed E-state index contributed by atoms with van der Waals surface area (Å²) in [6.45, 7) is 3.97. The van der Waals surface area contributed by atoms with Gasteiger partial charge in [0.25, 0.3) is 0 Å². The third kappa shape index (κ3) is 16.7. The van der Waals surface area contributed by atoms with E-state index in [0.717, 1.165) is 13.4 Å². The first-order valence-electron chi connectivity index (χ1n) is 8.92. The molecule has 0 bridgehead atoms. The van der Waals surface area contributed by atoms with E-state index in [4.69, 9.17) is 0 Å². The maximum atomic E-state index is 2.32. The average molecular weight is 335 g/mol. The fourth-order valence-electron chi connectivity index (χ4n) is 2.64. The molecule has 0 aromatic rings. The van der Waals surface area contributed by atoms with Crippen molar-refractivity contribution >= 4 is 7.92 Å². The minimum absolute atomic E-state index is 0.250. The molecule has 0 radical (unpaired) electrons. The first-order chi connectivity index (χ1) is 9.79. The first kappa shape index (κ1) is 22.3. The molecule has 0 atom stereocenters. The van der Waals surface area contributed by atoms with E-state index in [1.165, 1.54) is 57.4 Å². The predicted octanol–water partition coefficient (Wildman–Crippen LogP) is 2.76. The van der Waals surface area contributed by atoms with E-state index < -0.39 is 0 Å². The summed E-state index contributed by atoms with van der Waals surface area (Å²) in [5.41, 5.74) is 0. The zero-order chi connectivity index (χ0) is 17.4. The molecule has 134 valence electrons. The van der Waals surface area contributed by atoms with E-state index in [0.29, 0.717) is 0 Å². The fourth-order valence-corrected chi connectivity index (χ4v) is 5.08. The van der Waals surface area contributed by atoms with Gasteiger partial charge in [0.1, 0.15) is 0 Å². The molecule has 0 aliphatic carbocycles. The monoisotopic (exact) mass is 334 g/mol. The first-order valence-corrected chi connectivity index (χ1v) is 10.8. The summed E-state index contributed by atoms with van der Waals surface area (Å²) in [6.07, 6.45) is 8.68. The Morgan fingerprint density at radius 2 is 0.682 bits per heavy atom. The quantitative estimate of drug-likeness (QED) is 0.380. The molecular formula is C18H45N3P+3. The van der Waals surface area contributed by atoms with Crippen LogP contribution in [-0.4, -0.2) is 115 Å². The molecule has 0 fully saturated rings. The normalized spacial score (nSPS) is 13.9. The molecule has 4 heteroatoms. The van der Waals surface area contributed by atoms with Gasteiger partial charge in [-0.05, 0) is 18.5 Å². The number of nitrogens with zero attached hydrogens (tertiary/aromatic N) is 3. The molecule has 0 amide bonds. The second-order valence-corrected chi connectivity index (χ2v) is 12.6.